The van der Waals surface area contributed by atoms with Crippen LogP contribution in [0.15, 0.2) is 29.3 Å². The van der Waals surface area contributed by atoms with Crippen LogP contribution in [0.25, 0.3) is 5.82 Å². The first-order valence-corrected chi connectivity index (χ1v) is 8.25. The lowest BCUT2D eigenvalue weighted by molar-refractivity contribution is -0.137. The van der Waals surface area contributed by atoms with Crippen molar-refractivity contribution in [3.05, 3.63) is 45.5 Å². The fourth-order valence-corrected chi connectivity index (χ4v) is 3.14. The summed E-state index contributed by atoms with van der Waals surface area (Å²) in [4.78, 5) is 17.9. The van der Waals surface area contributed by atoms with E-state index in [1.807, 2.05) is 0 Å². The van der Waals surface area contributed by atoms with Crippen LogP contribution in [-0.2, 0) is 6.18 Å². The third kappa shape index (κ3) is 3.68. The fraction of sp³-hybridized carbons (Fsp3) is 0.438. The smallest absolute Gasteiger partial charge is 0.393 e. The van der Waals surface area contributed by atoms with Gasteiger partial charge in [-0.25, -0.2) is 4.98 Å². The summed E-state index contributed by atoms with van der Waals surface area (Å²) in [5.74, 6) is 0.256. The normalized spacial score (nSPS) is 19.9. The quantitative estimate of drug-likeness (QED) is 0.871. The molecule has 2 heterocycles. The number of aliphatic hydroxyl groups is 1. The standard InChI is InChI=1S/C16H16ClF3N4O2/c1-23(8-9-4-11(25)5-9)12-7-22-24(15(26)14(12)17)13-3-2-10(6-21-13)16(18,19)20/h2-3,6-7,9,11,25H,4-5,8H2,1H3. The SMILES string of the molecule is CN(CC1CC(O)C1)c1cnn(-c2ccc(C(F)(F)F)cn2)c(=O)c1Cl. The maximum atomic E-state index is 12.6. The third-order valence-electron chi connectivity index (χ3n) is 4.35. The lowest BCUT2D eigenvalue weighted by atomic mass is 9.82. The topological polar surface area (TPSA) is 71.2 Å². The van der Waals surface area contributed by atoms with Gasteiger partial charge in [-0.1, -0.05) is 11.6 Å². The van der Waals surface area contributed by atoms with E-state index in [2.05, 4.69) is 10.1 Å². The average molecular weight is 389 g/mol. The van der Waals surface area contributed by atoms with Crippen LogP contribution in [0.4, 0.5) is 18.9 Å². The van der Waals surface area contributed by atoms with Gasteiger partial charge in [0.1, 0.15) is 5.02 Å². The Labute approximate surface area is 151 Å². The zero-order chi connectivity index (χ0) is 19.1. The van der Waals surface area contributed by atoms with E-state index in [-0.39, 0.29) is 16.9 Å². The van der Waals surface area contributed by atoms with Gasteiger partial charge in [0.2, 0.25) is 0 Å². The van der Waals surface area contributed by atoms with E-state index in [9.17, 15) is 23.1 Å². The van der Waals surface area contributed by atoms with Gasteiger partial charge in [0, 0.05) is 19.8 Å². The van der Waals surface area contributed by atoms with Gasteiger partial charge < -0.3 is 10.0 Å². The number of rotatable bonds is 4. The number of nitrogens with zero attached hydrogens (tertiary/aromatic N) is 4. The van der Waals surface area contributed by atoms with Crippen LogP contribution in [0.2, 0.25) is 5.02 Å². The van der Waals surface area contributed by atoms with E-state index in [4.69, 9.17) is 11.6 Å². The maximum absolute atomic E-state index is 12.6. The second-order valence-corrected chi connectivity index (χ2v) is 6.71. The molecule has 3 rings (SSSR count). The second-order valence-electron chi connectivity index (χ2n) is 6.34. The summed E-state index contributed by atoms with van der Waals surface area (Å²) < 4.78 is 38.7. The van der Waals surface area contributed by atoms with E-state index in [1.54, 1.807) is 11.9 Å². The first-order chi connectivity index (χ1) is 12.2. The number of alkyl halides is 3. The molecule has 1 aliphatic rings. The van der Waals surface area contributed by atoms with Crippen LogP contribution in [0.3, 0.4) is 0 Å². The highest BCUT2D eigenvalue weighted by Gasteiger charge is 2.31. The molecule has 1 saturated carbocycles. The minimum Gasteiger partial charge on any atom is -0.393 e. The number of anilines is 1. The molecular weight excluding hydrogens is 373 g/mol. The molecule has 1 fully saturated rings. The number of hydrogen-bond donors (Lipinski definition) is 1. The summed E-state index contributed by atoms with van der Waals surface area (Å²) in [6.45, 7) is 0.612. The van der Waals surface area contributed by atoms with Crippen molar-refractivity contribution >= 4 is 17.3 Å². The van der Waals surface area contributed by atoms with Crippen LogP contribution >= 0.6 is 11.6 Å². The molecule has 140 valence electrons. The molecule has 0 amide bonds. The monoisotopic (exact) mass is 388 g/mol. The van der Waals surface area contributed by atoms with Gasteiger partial charge in [-0.3, -0.25) is 4.79 Å². The summed E-state index contributed by atoms with van der Waals surface area (Å²) in [7, 11) is 1.76. The fourth-order valence-electron chi connectivity index (χ4n) is 2.87. The van der Waals surface area contributed by atoms with Crippen LogP contribution in [0.5, 0.6) is 0 Å². The molecule has 10 heteroatoms. The zero-order valence-electron chi connectivity index (χ0n) is 13.7. The minimum absolute atomic E-state index is 0.0544. The lowest BCUT2D eigenvalue weighted by Gasteiger charge is -2.35. The van der Waals surface area contributed by atoms with Crippen molar-refractivity contribution in [2.45, 2.75) is 25.1 Å². The van der Waals surface area contributed by atoms with E-state index in [0.29, 0.717) is 37.2 Å². The molecule has 1 N–H and O–H groups in total. The van der Waals surface area contributed by atoms with Crippen LogP contribution in [0.1, 0.15) is 18.4 Å². The van der Waals surface area contributed by atoms with Crippen molar-refractivity contribution in [1.82, 2.24) is 14.8 Å². The largest absolute Gasteiger partial charge is 0.417 e. The minimum atomic E-state index is -4.51. The van der Waals surface area contributed by atoms with Gasteiger partial charge in [-0.05, 0) is 30.9 Å². The summed E-state index contributed by atoms with van der Waals surface area (Å²) in [5.41, 5.74) is -1.17. The number of pyridine rings is 1. The Morgan fingerprint density at radius 1 is 1.35 bits per heavy atom. The van der Waals surface area contributed by atoms with E-state index < -0.39 is 17.3 Å². The van der Waals surface area contributed by atoms with Gasteiger partial charge in [-0.15, -0.1) is 0 Å². The Hall–Kier alpha value is -2.13. The Morgan fingerprint density at radius 3 is 2.58 bits per heavy atom. The molecular formula is C16H16ClF3N4O2. The Balaban J connectivity index is 1.84. The van der Waals surface area contributed by atoms with Crippen molar-refractivity contribution in [1.29, 1.82) is 0 Å². The lowest BCUT2D eigenvalue weighted by Crippen LogP contribution is -2.38. The van der Waals surface area contributed by atoms with Gasteiger partial charge in [0.15, 0.2) is 5.82 Å². The molecule has 0 atom stereocenters. The second kappa shape index (κ2) is 6.88. The van der Waals surface area contributed by atoms with Crippen molar-refractivity contribution < 1.29 is 18.3 Å². The van der Waals surface area contributed by atoms with Crippen LogP contribution in [-0.4, -0.2) is 39.6 Å². The van der Waals surface area contributed by atoms with Crippen molar-refractivity contribution in [3.63, 3.8) is 0 Å². The van der Waals surface area contributed by atoms with E-state index in [1.165, 1.54) is 6.20 Å². The van der Waals surface area contributed by atoms with Crippen LogP contribution in [0, 0.1) is 5.92 Å². The average Bonchev–Trinajstić information content (AvgIpc) is 2.55. The predicted molar refractivity (Wildman–Crippen MR) is 89.6 cm³/mol. The third-order valence-corrected chi connectivity index (χ3v) is 4.70. The van der Waals surface area contributed by atoms with Crippen molar-refractivity contribution in [3.8, 4) is 5.82 Å². The Morgan fingerprint density at radius 2 is 2.04 bits per heavy atom. The van der Waals surface area contributed by atoms with Gasteiger partial charge in [0.25, 0.3) is 5.56 Å². The number of aliphatic hydroxyl groups excluding tert-OH is 1. The molecule has 2 aromatic heterocycles. The molecule has 26 heavy (non-hydrogen) atoms. The number of aromatic nitrogens is 3. The molecule has 2 aromatic rings. The van der Waals surface area contributed by atoms with Crippen molar-refractivity contribution in [2.24, 2.45) is 5.92 Å². The Kier molecular flexibility index (Phi) is 4.94. The molecule has 0 saturated heterocycles. The number of halogens is 4. The van der Waals surface area contributed by atoms with Gasteiger partial charge >= 0.3 is 6.18 Å². The Bertz CT molecular complexity index is 848. The zero-order valence-corrected chi connectivity index (χ0v) is 14.5. The highest BCUT2D eigenvalue weighted by atomic mass is 35.5. The maximum Gasteiger partial charge on any atom is 0.417 e. The molecule has 0 radical (unpaired) electrons. The van der Waals surface area contributed by atoms with Gasteiger partial charge in [-0.2, -0.15) is 23.0 Å². The molecule has 0 aliphatic heterocycles. The highest BCUT2D eigenvalue weighted by molar-refractivity contribution is 6.33. The van der Waals surface area contributed by atoms with Gasteiger partial charge in [0.05, 0.1) is 23.6 Å². The van der Waals surface area contributed by atoms with Crippen molar-refractivity contribution in [2.75, 3.05) is 18.5 Å². The first-order valence-electron chi connectivity index (χ1n) is 7.87. The summed E-state index contributed by atoms with van der Waals surface area (Å²) in [6, 6.07) is 1.89. The highest BCUT2D eigenvalue weighted by Crippen LogP contribution is 2.31. The molecule has 0 bridgehead atoms. The molecule has 6 nitrogen and oxygen atoms in total. The summed E-state index contributed by atoms with van der Waals surface area (Å²) in [5, 5.41) is 13.2. The number of hydrogen-bond acceptors (Lipinski definition) is 5. The predicted octanol–water partition coefficient (Wildman–Crippen LogP) is 2.51. The molecule has 0 unspecified atom stereocenters. The first kappa shape index (κ1) is 18.7. The molecule has 0 spiro atoms. The molecule has 0 aromatic carbocycles. The van der Waals surface area contributed by atoms with Crippen LogP contribution < -0.4 is 10.5 Å². The summed E-state index contributed by atoms with van der Waals surface area (Å²) >= 11 is 6.15. The molecule has 1 aliphatic carbocycles. The van der Waals surface area contributed by atoms with E-state index in [0.717, 1.165) is 16.8 Å². The summed E-state index contributed by atoms with van der Waals surface area (Å²) in [6.07, 6.45) is -1.38. The van der Waals surface area contributed by atoms with E-state index >= 15 is 0 Å².